The molecule has 0 rings (SSSR count). The molecular weight excluding hydrogens is 152 g/mol. The van der Waals surface area contributed by atoms with Crippen molar-refractivity contribution in [3.63, 3.8) is 0 Å². The second-order valence-corrected chi connectivity index (χ2v) is 0. The van der Waals surface area contributed by atoms with E-state index in [2.05, 4.69) is 0 Å². The van der Waals surface area contributed by atoms with Gasteiger partial charge in [0.1, 0.15) is 0 Å². The van der Waals surface area contributed by atoms with Gasteiger partial charge in [-0.1, -0.05) is 0 Å². The Morgan fingerprint density at radius 1 is 1.00 bits per heavy atom. The van der Waals surface area contributed by atoms with Gasteiger partial charge >= 0.3 is 21.8 Å². The molecule has 0 bridgehead atoms. The molecule has 0 aromatic heterocycles. The third kappa shape index (κ3) is 12.0. The molecule has 0 amide bonds. The fraction of sp³-hybridized carbons (Fsp3) is 0. The van der Waals surface area contributed by atoms with E-state index in [-0.39, 0.29) is 43.1 Å². The molecule has 0 atom stereocenters. The zero-order chi connectivity index (χ0) is 2.00. The van der Waals surface area contributed by atoms with Crippen LogP contribution in [0, 0.1) is 0 Å². The SMILES string of the molecule is Cl.Cl.[O]=[Zn]. The Morgan fingerprint density at radius 3 is 1.00 bits per heavy atom. The van der Waals surface area contributed by atoms with Crippen LogP contribution in [-0.2, 0) is 21.8 Å². The van der Waals surface area contributed by atoms with Crippen LogP contribution in [0.5, 0.6) is 0 Å². The second-order valence-electron chi connectivity index (χ2n) is 0. The van der Waals surface area contributed by atoms with Crippen LogP contribution in [0.2, 0.25) is 0 Å². The van der Waals surface area contributed by atoms with Gasteiger partial charge in [0.05, 0.1) is 0 Å². The van der Waals surface area contributed by atoms with Crippen molar-refractivity contribution in [3.05, 3.63) is 0 Å². The van der Waals surface area contributed by atoms with E-state index in [0.717, 1.165) is 0 Å². The Morgan fingerprint density at radius 2 is 1.00 bits per heavy atom. The molecule has 24 valence electrons. The van der Waals surface area contributed by atoms with Gasteiger partial charge in [-0.3, -0.25) is 0 Å². The molecule has 0 aliphatic rings. The van der Waals surface area contributed by atoms with Crippen molar-refractivity contribution in [2.45, 2.75) is 0 Å². The van der Waals surface area contributed by atoms with Gasteiger partial charge in [-0.05, 0) is 0 Å². The van der Waals surface area contributed by atoms with E-state index >= 15 is 0 Å². The molecule has 0 saturated carbocycles. The van der Waals surface area contributed by atoms with Crippen molar-refractivity contribution in [3.8, 4) is 0 Å². The van der Waals surface area contributed by atoms with Crippen LogP contribution < -0.4 is 0 Å². The zero-order valence-electron chi connectivity index (χ0n) is 1.93. The molecule has 4 heavy (non-hydrogen) atoms. The standard InChI is InChI=1S/2ClH.O.Zn/h2*1H;;. The number of halogens is 2. The van der Waals surface area contributed by atoms with Gasteiger partial charge in [-0.25, -0.2) is 0 Å². The van der Waals surface area contributed by atoms with Crippen LogP contribution in [0.15, 0.2) is 0 Å². The fourth-order valence-corrected chi connectivity index (χ4v) is 0. The van der Waals surface area contributed by atoms with Gasteiger partial charge < -0.3 is 0 Å². The summed E-state index contributed by atoms with van der Waals surface area (Å²) >= 11 is 0.125. The van der Waals surface area contributed by atoms with Crippen molar-refractivity contribution < 1.29 is 21.8 Å². The summed E-state index contributed by atoms with van der Waals surface area (Å²) in [6, 6.07) is 0. The van der Waals surface area contributed by atoms with Crippen molar-refractivity contribution in [1.29, 1.82) is 0 Å². The predicted molar refractivity (Wildman–Crippen MR) is 15.2 cm³/mol. The van der Waals surface area contributed by atoms with Gasteiger partial charge in [0.15, 0.2) is 0 Å². The molecule has 0 saturated heterocycles. The average molecular weight is 154 g/mol. The summed E-state index contributed by atoms with van der Waals surface area (Å²) < 4.78 is 8.38. The van der Waals surface area contributed by atoms with E-state index in [9.17, 15) is 0 Å². The predicted octanol–water partition coefficient (Wildman–Crippen LogP) is 0.722. The summed E-state index contributed by atoms with van der Waals surface area (Å²) in [5, 5.41) is 0. The Bertz CT molecular complexity index is 6.00. The van der Waals surface area contributed by atoms with E-state index in [1.54, 1.807) is 0 Å². The molecule has 0 unspecified atom stereocenters. The van der Waals surface area contributed by atoms with E-state index in [4.69, 9.17) is 3.57 Å². The summed E-state index contributed by atoms with van der Waals surface area (Å²) in [6.45, 7) is 0. The first-order chi connectivity index (χ1) is 1.00. The van der Waals surface area contributed by atoms with Gasteiger partial charge in [0.2, 0.25) is 0 Å². The molecule has 0 radical (unpaired) electrons. The van der Waals surface area contributed by atoms with E-state index in [0.29, 0.717) is 0 Å². The Balaban J connectivity index is -0.00000000500. The summed E-state index contributed by atoms with van der Waals surface area (Å²) in [5.41, 5.74) is 0. The number of rotatable bonds is 0. The maximum atomic E-state index is 8.38. The molecule has 0 aromatic rings. The number of hydrogen-bond donors (Lipinski definition) is 0. The summed E-state index contributed by atoms with van der Waals surface area (Å²) in [5.74, 6) is 0. The van der Waals surface area contributed by atoms with Gasteiger partial charge in [0, 0.05) is 0 Å². The van der Waals surface area contributed by atoms with E-state index in [1.807, 2.05) is 0 Å². The Kier molecular flexibility index (Phi) is 179. The van der Waals surface area contributed by atoms with Crippen molar-refractivity contribution in [2.75, 3.05) is 0 Å². The average Bonchev–Trinajstić information content (AvgIpc) is 1.00. The molecule has 0 N–H and O–H groups in total. The molecule has 0 aromatic carbocycles. The minimum absolute atomic E-state index is 0. The van der Waals surface area contributed by atoms with Crippen LogP contribution >= 0.6 is 24.8 Å². The topological polar surface area (TPSA) is 17.1 Å². The summed E-state index contributed by atoms with van der Waals surface area (Å²) in [6.07, 6.45) is 0. The normalized spacial score (nSPS) is 1.50. The number of hydrogen-bond acceptors (Lipinski definition) is 1. The van der Waals surface area contributed by atoms with Crippen molar-refractivity contribution in [2.24, 2.45) is 0 Å². The third-order valence-electron chi connectivity index (χ3n) is 0. The molecule has 0 aliphatic heterocycles. The monoisotopic (exact) mass is 152 g/mol. The first-order valence-electron chi connectivity index (χ1n) is 0.289. The Labute approximate surface area is 46.9 Å². The van der Waals surface area contributed by atoms with Gasteiger partial charge in [0.25, 0.3) is 0 Å². The van der Waals surface area contributed by atoms with Crippen LogP contribution in [0.4, 0.5) is 0 Å². The third-order valence-corrected chi connectivity index (χ3v) is 0. The van der Waals surface area contributed by atoms with Crippen LogP contribution in [0.3, 0.4) is 0 Å². The maximum absolute atomic E-state index is 8.38. The quantitative estimate of drug-likeness (QED) is 0.470. The fourth-order valence-electron chi connectivity index (χ4n) is 0. The molecule has 4 heteroatoms. The van der Waals surface area contributed by atoms with Crippen molar-refractivity contribution >= 4 is 24.8 Å². The van der Waals surface area contributed by atoms with Crippen LogP contribution in [-0.4, -0.2) is 0 Å². The first-order valence-corrected chi connectivity index (χ1v) is 1.50. The molecule has 0 spiro atoms. The van der Waals surface area contributed by atoms with E-state index < -0.39 is 0 Å². The second kappa shape index (κ2) is 35.9. The van der Waals surface area contributed by atoms with Gasteiger partial charge in [-0.2, -0.15) is 0 Å². The molecule has 0 fully saturated rings. The molecule has 0 heterocycles. The molecule has 0 aliphatic carbocycles. The summed E-state index contributed by atoms with van der Waals surface area (Å²) in [4.78, 5) is 0. The minimum atomic E-state index is 0. The molecule has 1 nitrogen and oxygen atoms in total. The van der Waals surface area contributed by atoms with Crippen molar-refractivity contribution in [1.82, 2.24) is 0 Å². The Hall–Kier alpha value is 1.00. The molecular formula is H2Cl2OZn. The van der Waals surface area contributed by atoms with Crippen LogP contribution in [0.1, 0.15) is 0 Å². The van der Waals surface area contributed by atoms with Crippen LogP contribution in [0.25, 0.3) is 0 Å². The van der Waals surface area contributed by atoms with Gasteiger partial charge in [-0.15, -0.1) is 24.8 Å². The summed E-state index contributed by atoms with van der Waals surface area (Å²) in [7, 11) is 0. The van der Waals surface area contributed by atoms with E-state index in [1.165, 1.54) is 0 Å². The first kappa shape index (κ1) is 20.0. The zero-order valence-corrected chi connectivity index (χ0v) is 6.53.